The average Bonchev–Trinajstić information content (AvgIpc) is 3.14. The average molecular weight is 500 g/mol. The van der Waals surface area contributed by atoms with Crippen molar-refractivity contribution >= 4 is 37.8 Å². The Bertz CT molecular complexity index is 891. The Morgan fingerprint density at radius 2 is 1.81 bits per heavy atom. The molecule has 142 valence electrons. The quantitative estimate of drug-likeness (QED) is 0.434. The van der Waals surface area contributed by atoms with Gasteiger partial charge in [0.05, 0.1) is 14.9 Å². The third kappa shape index (κ3) is 4.16. The van der Waals surface area contributed by atoms with Crippen LogP contribution in [0.25, 0.3) is 11.1 Å². The van der Waals surface area contributed by atoms with Crippen molar-refractivity contribution in [3.63, 3.8) is 0 Å². The molecule has 2 nitrogen and oxygen atoms in total. The van der Waals surface area contributed by atoms with Gasteiger partial charge in [0, 0.05) is 5.56 Å². The maximum Gasteiger partial charge on any atom is 0.310 e. The molecule has 1 aliphatic rings. The van der Waals surface area contributed by atoms with E-state index in [1.165, 1.54) is 12.1 Å². The van der Waals surface area contributed by atoms with E-state index in [1.54, 1.807) is 24.3 Å². The fraction of sp³-hybridized carbons (Fsp3) is 0.286. The summed E-state index contributed by atoms with van der Waals surface area (Å²) in [5.74, 6) is -2.22. The largest absolute Gasteiger partial charge is 0.460 e. The number of hydrogen-bond donors (Lipinski definition) is 0. The summed E-state index contributed by atoms with van der Waals surface area (Å²) in [6.45, 7) is 3.48. The number of carbonyl (C=O) groups excluding carboxylic acids is 1. The summed E-state index contributed by atoms with van der Waals surface area (Å²) in [6.07, 6.45) is 1.89. The van der Waals surface area contributed by atoms with Gasteiger partial charge < -0.3 is 4.74 Å². The molecule has 2 aromatic rings. The zero-order valence-electron chi connectivity index (χ0n) is 14.8. The number of hydrogen-bond acceptors (Lipinski definition) is 2. The zero-order chi connectivity index (χ0) is 19.8. The van der Waals surface area contributed by atoms with E-state index in [0.29, 0.717) is 5.56 Å². The van der Waals surface area contributed by atoms with Crippen molar-refractivity contribution < 1.29 is 18.3 Å². The Morgan fingerprint density at radius 1 is 1.15 bits per heavy atom. The number of esters is 1. The van der Waals surface area contributed by atoms with E-state index in [4.69, 9.17) is 4.74 Å². The number of halogens is 4. The molecule has 0 bridgehead atoms. The lowest BCUT2D eigenvalue weighted by Crippen LogP contribution is -2.12. The van der Waals surface area contributed by atoms with Crippen LogP contribution in [0.3, 0.4) is 0 Å². The Labute approximate surface area is 173 Å². The van der Waals surface area contributed by atoms with Crippen LogP contribution in [-0.2, 0) is 16.1 Å². The summed E-state index contributed by atoms with van der Waals surface area (Å²) in [5.41, 5.74) is 0.418. The van der Waals surface area contributed by atoms with Crippen LogP contribution in [-0.4, -0.2) is 5.97 Å². The summed E-state index contributed by atoms with van der Waals surface area (Å²) in [5, 5.41) is 0. The number of benzene rings is 2. The molecule has 2 unspecified atom stereocenters. The molecule has 1 aliphatic carbocycles. The summed E-state index contributed by atoms with van der Waals surface area (Å²) in [4.78, 5) is 12.4. The van der Waals surface area contributed by atoms with Gasteiger partial charge in [0.15, 0.2) is 0 Å². The van der Waals surface area contributed by atoms with Crippen molar-refractivity contribution in [1.29, 1.82) is 0 Å². The van der Waals surface area contributed by atoms with E-state index < -0.39 is 24.2 Å². The Morgan fingerprint density at radius 3 is 2.44 bits per heavy atom. The van der Waals surface area contributed by atoms with Crippen LogP contribution < -0.4 is 0 Å². The van der Waals surface area contributed by atoms with E-state index >= 15 is 0 Å². The molecule has 2 aromatic carbocycles. The smallest absolute Gasteiger partial charge is 0.310 e. The first-order chi connectivity index (χ1) is 12.7. The molecule has 0 spiro atoms. The molecule has 3 rings (SSSR count). The van der Waals surface area contributed by atoms with Gasteiger partial charge in [0.25, 0.3) is 0 Å². The first kappa shape index (κ1) is 20.2. The van der Waals surface area contributed by atoms with Gasteiger partial charge in [-0.2, -0.15) is 0 Å². The third-order valence-corrected chi connectivity index (χ3v) is 5.63. The van der Waals surface area contributed by atoms with Gasteiger partial charge in [-0.15, -0.1) is 0 Å². The topological polar surface area (TPSA) is 26.3 Å². The molecule has 0 radical (unpaired) electrons. The second-order valence-electron chi connectivity index (χ2n) is 7.14. The normalized spacial score (nSPS) is 20.1. The molecular formula is C21H18Br2F2O2. The van der Waals surface area contributed by atoms with E-state index in [9.17, 15) is 13.6 Å². The second-order valence-corrected chi connectivity index (χ2v) is 9.92. The van der Waals surface area contributed by atoms with Crippen molar-refractivity contribution in [1.82, 2.24) is 0 Å². The fourth-order valence-electron chi connectivity index (χ4n) is 3.38. The van der Waals surface area contributed by atoms with Crippen molar-refractivity contribution in [2.75, 3.05) is 0 Å². The minimum atomic E-state index is -0.727. The SMILES string of the molecule is CC1(C)C(C=C(Br)Br)C1C(=O)OCc1c(F)ccc(-c2ccccc2)c1F. The van der Waals surface area contributed by atoms with E-state index in [1.807, 2.05) is 26.0 Å². The van der Waals surface area contributed by atoms with Crippen molar-refractivity contribution in [3.05, 3.63) is 69.1 Å². The number of rotatable bonds is 5. The monoisotopic (exact) mass is 498 g/mol. The Kier molecular flexibility index (Phi) is 5.87. The van der Waals surface area contributed by atoms with Gasteiger partial charge in [0.1, 0.15) is 18.2 Å². The molecule has 0 N–H and O–H groups in total. The fourth-order valence-corrected chi connectivity index (χ4v) is 3.95. The van der Waals surface area contributed by atoms with Crippen molar-refractivity contribution in [3.8, 4) is 11.1 Å². The van der Waals surface area contributed by atoms with Crippen LogP contribution >= 0.6 is 31.9 Å². The molecule has 1 saturated carbocycles. The highest BCUT2D eigenvalue weighted by atomic mass is 79.9. The molecule has 6 heteroatoms. The van der Waals surface area contributed by atoms with Crippen LogP contribution in [0.2, 0.25) is 0 Å². The Hall–Kier alpha value is -1.53. The highest BCUT2D eigenvalue weighted by Crippen LogP contribution is 2.60. The molecule has 0 amide bonds. The van der Waals surface area contributed by atoms with Gasteiger partial charge in [-0.25, -0.2) is 8.78 Å². The second kappa shape index (κ2) is 7.84. The van der Waals surface area contributed by atoms with Crippen LogP contribution in [0.15, 0.2) is 51.9 Å². The van der Waals surface area contributed by atoms with Crippen LogP contribution in [0.4, 0.5) is 8.78 Å². The molecular weight excluding hydrogens is 482 g/mol. The first-order valence-corrected chi connectivity index (χ1v) is 10.0. The number of ether oxygens (including phenoxy) is 1. The lowest BCUT2D eigenvalue weighted by molar-refractivity contribution is -0.147. The number of allylic oxidation sites excluding steroid dienone is 1. The number of carbonyl (C=O) groups is 1. The first-order valence-electron chi connectivity index (χ1n) is 8.45. The van der Waals surface area contributed by atoms with Crippen LogP contribution in [0, 0.1) is 28.9 Å². The Balaban J connectivity index is 1.77. The standard InChI is InChI=1S/C21H18Br2F2O2/c1-21(2)15(10-17(22)23)18(21)20(26)27-11-14-16(24)9-8-13(19(14)25)12-6-4-3-5-7-12/h3-10,15,18H,11H2,1-2H3. The molecule has 0 heterocycles. The summed E-state index contributed by atoms with van der Waals surface area (Å²) < 4.78 is 35.0. The van der Waals surface area contributed by atoms with Crippen molar-refractivity contribution in [2.24, 2.45) is 17.3 Å². The maximum absolute atomic E-state index is 14.8. The van der Waals surface area contributed by atoms with Crippen LogP contribution in [0.1, 0.15) is 19.4 Å². The van der Waals surface area contributed by atoms with E-state index in [-0.39, 0.29) is 28.4 Å². The molecule has 0 aromatic heterocycles. The summed E-state index contributed by atoms with van der Waals surface area (Å²) >= 11 is 6.59. The predicted octanol–water partition coefficient (Wildman–Crippen LogP) is 6.58. The van der Waals surface area contributed by atoms with E-state index in [0.717, 1.165) is 3.39 Å². The summed E-state index contributed by atoms with van der Waals surface area (Å²) in [7, 11) is 0. The lowest BCUT2D eigenvalue weighted by Gasteiger charge is -2.11. The molecule has 0 aliphatic heterocycles. The van der Waals surface area contributed by atoms with Gasteiger partial charge in [-0.05, 0) is 60.9 Å². The highest BCUT2D eigenvalue weighted by Gasteiger charge is 2.61. The van der Waals surface area contributed by atoms with Gasteiger partial charge >= 0.3 is 5.97 Å². The molecule has 2 atom stereocenters. The maximum atomic E-state index is 14.8. The molecule has 0 saturated heterocycles. The third-order valence-electron chi connectivity index (χ3n) is 5.10. The highest BCUT2D eigenvalue weighted by molar-refractivity contribution is 9.28. The zero-order valence-corrected chi connectivity index (χ0v) is 18.0. The van der Waals surface area contributed by atoms with Gasteiger partial charge in [-0.1, -0.05) is 50.3 Å². The molecule has 27 heavy (non-hydrogen) atoms. The molecule has 1 fully saturated rings. The predicted molar refractivity (Wildman–Crippen MR) is 108 cm³/mol. The summed E-state index contributed by atoms with van der Waals surface area (Å²) in [6, 6.07) is 11.5. The van der Waals surface area contributed by atoms with Crippen LogP contribution in [0.5, 0.6) is 0 Å². The van der Waals surface area contributed by atoms with E-state index in [2.05, 4.69) is 31.9 Å². The lowest BCUT2D eigenvalue weighted by atomic mass is 10.0. The minimum Gasteiger partial charge on any atom is -0.460 e. The van der Waals surface area contributed by atoms with Gasteiger partial charge in [0.2, 0.25) is 0 Å². The van der Waals surface area contributed by atoms with Crippen molar-refractivity contribution in [2.45, 2.75) is 20.5 Å². The van der Waals surface area contributed by atoms with Gasteiger partial charge in [-0.3, -0.25) is 4.79 Å². The minimum absolute atomic E-state index is 0.00379.